The first-order valence-electron chi connectivity index (χ1n) is 12.5. The first-order chi connectivity index (χ1) is 20.5. The molecule has 16 heteroatoms. The summed E-state index contributed by atoms with van der Waals surface area (Å²) in [4.78, 5) is 65.7. The average molecular weight is 647 g/mol. The van der Waals surface area contributed by atoms with Crippen LogP contribution in [0, 0.1) is 16.0 Å². The number of nitrogens with one attached hydrogen (secondary N) is 1. The molecule has 1 saturated heterocycles. The van der Waals surface area contributed by atoms with Crippen LogP contribution in [0.4, 0.5) is 30.2 Å². The maximum Gasteiger partial charge on any atom is 0.418 e. The molecule has 43 heavy (non-hydrogen) atoms. The number of amides is 3. The van der Waals surface area contributed by atoms with Crippen LogP contribution in [0.5, 0.6) is 0 Å². The number of aromatic nitrogens is 1. The molecule has 2 aromatic carbocycles. The Labute approximate surface area is 251 Å². The molecule has 2 aliphatic rings. The van der Waals surface area contributed by atoms with Crippen LogP contribution in [0.2, 0.25) is 0 Å². The number of rotatable bonds is 6. The van der Waals surface area contributed by atoms with Gasteiger partial charge < -0.3 is 5.32 Å². The summed E-state index contributed by atoms with van der Waals surface area (Å²) in [6, 6.07) is 13.0. The van der Waals surface area contributed by atoms with Crippen molar-refractivity contribution in [1.29, 1.82) is 0 Å². The van der Waals surface area contributed by atoms with Crippen LogP contribution in [0.3, 0.4) is 0 Å². The highest BCUT2D eigenvalue weighted by Crippen LogP contribution is 2.54. The molecule has 4 heterocycles. The van der Waals surface area contributed by atoms with Crippen molar-refractivity contribution in [3.63, 3.8) is 0 Å². The number of imide groups is 1. The van der Waals surface area contributed by atoms with Gasteiger partial charge in [0.25, 0.3) is 5.69 Å². The van der Waals surface area contributed by atoms with Gasteiger partial charge in [-0.25, -0.2) is 4.90 Å². The summed E-state index contributed by atoms with van der Waals surface area (Å²) in [5.74, 6) is -3.60. The van der Waals surface area contributed by atoms with Crippen LogP contribution in [0.15, 0.2) is 75.9 Å². The van der Waals surface area contributed by atoms with E-state index in [9.17, 15) is 42.5 Å². The van der Waals surface area contributed by atoms with Crippen molar-refractivity contribution >= 4 is 69.2 Å². The van der Waals surface area contributed by atoms with Gasteiger partial charge in [-0.1, -0.05) is 41.3 Å². The number of non-ortho nitro benzene ring substituents is 1. The lowest BCUT2D eigenvalue weighted by Crippen LogP contribution is -2.32. The smallest absolute Gasteiger partial charge is 0.324 e. The number of thioether (sulfide) groups is 1. The fraction of sp³-hybridized carbons (Fsp3) is 0.185. The summed E-state index contributed by atoms with van der Waals surface area (Å²) in [6.07, 6.45) is -4.72. The number of nitrogens with zero attached hydrogens (tertiary/aromatic N) is 3. The van der Waals surface area contributed by atoms with E-state index in [-0.39, 0.29) is 16.4 Å². The fourth-order valence-corrected chi connectivity index (χ4v) is 8.90. The van der Waals surface area contributed by atoms with Crippen molar-refractivity contribution in [2.45, 2.75) is 28.9 Å². The summed E-state index contributed by atoms with van der Waals surface area (Å²) in [5.41, 5.74) is -1.56. The predicted molar refractivity (Wildman–Crippen MR) is 154 cm³/mol. The minimum absolute atomic E-state index is 0.156. The lowest BCUT2D eigenvalue weighted by molar-refractivity contribution is -0.384. The molecule has 6 rings (SSSR count). The quantitative estimate of drug-likeness (QED) is 0.170. The van der Waals surface area contributed by atoms with E-state index < -0.39 is 68.6 Å². The minimum atomic E-state index is -4.72. The predicted octanol–water partition coefficient (Wildman–Crippen LogP) is 5.33. The summed E-state index contributed by atoms with van der Waals surface area (Å²) in [6.45, 7) is -0.618. The number of thiophene rings is 1. The number of para-hydroxylation sites is 1. The number of anilines is 2. The van der Waals surface area contributed by atoms with Gasteiger partial charge in [0.1, 0.15) is 11.8 Å². The first-order valence-corrected chi connectivity index (χ1v) is 15.0. The number of benzene rings is 2. The van der Waals surface area contributed by atoms with Crippen LogP contribution in [0.1, 0.15) is 21.2 Å². The molecule has 2 aliphatic heterocycles. The fourth-order valence-electron chi connectivity index (χ4n) is 5.18. The van der Waals surface area contributed by atoms with Crippen molar-refractivity contribution in [2.24, 2.45) is 5.92 Å². The third-order valence-electron chi connectivity index (χ3n) is 7.03. The van der Waals surface area contributed by atoms with E-state index >= 15 is 0 Å². The number of fused-ring (bicyclic) bond motifs is 2. The lowest BCUT2D eigenvalue weighted by atomic mass is 9.87. The van der Waals surface area contributed by atoms with Crippen LogP contribution in [-0.2, 0) is 27.1 Å². The highest BCUT2D eigenvalue weighted by molar-refractivity contribution is 8.00. The van der Waals surface area contributed by atoms with E-state index in [1.165, 1.54) is 47.7 Å². The standard InChI is InChI=1S/C27H17F3N4O6S3/c28-27(29,30)15-4-1-2-5-16(15)31-18(35)12-32-25-22(43-26(32)38)19(17-6-3-11-41-17)20-21(42-25)24(37)33(23(20)36)13-7-9-14(10-8-13)34(39)40/h1-11,19-21H,12H2,(H,31,35)/t19-,20-,21+/m0/s1. The van der Waals surface area contributed by atoms with Crippen LogP contribution in [-0.4, -0.2) is 32.5 Å². The number of alkyl halides is 3. The molecule has 10 nitrogen and oxygen atoms in total. The summed E-state index contributed by atoms with van der Waals surface area (Å²) in [7, 11) is 0. The molecule has 3 atom stereocenters. The van der Waals surface area contributed by atoms with Gasteiger partial charge in [0.15, 0.2) is 0 Å². The molecular formula is C27H17F3N4O6S3. The van der Waals surface area contributed by atoms with Gasteiger partial charge in [-0.15, -0.1) is 11.3 Å². The van der Waals surface area contributed by atoms with Crippen molar-refractivity contribution in [3.05, 3.63) is 101 Å². The van der Waals surface area contributed by atoms with Crippen LogP contribution in [0.25, 0.3) is 0 Å². The van der Waals surface area contributed by atoms with E-state index in [2.05, 4.69) is 5.32 Å². The van der Waals surface area contributed by atoms with Crippen molar-refractivity contribution in [2.75, 3.05) is 10.2 Å². The number of hydrogen-bond acceptors (Lipinski definition) is 9. The highest BCUT2D eigenvalue weighted by Gasteiger charge is 2.57. The van der Waals surface area contributed by atoms with Gasteiger partial charge in [0, 0.05) is 27.8 Å². The van der Waals surface area contributed by atoms with E-state index in [0.29, 0.717) is 9.75 Å². The van der Waals surface area contributed by atoms with E-state index in [1.54, 1.807) is 17.5 Å². The molecule has 0 saturated carbocycles. The molecule has 220 valence electrons. The molecule has 4 aromatic rings. The number of nitro groups is 1. The average Bonchev–Trinajstić information content (AvgIpc) is 3.66. The Balaban J connectivity index is 1.36. The first kappa shape index (κ1) is 28.8. The second-order valence-corrected chi connectivity index (χ2v) is 12.7. The molecule has 1 fully saturated rings. The Bertz CT molecular complexity index is 1840. The molecule has 1 N–H and O–H groups in total. The summed E-state index contributed by atoms with van der Waals surface area (Å²) >= 11 is 3.08. The van der Waals surface area contributed by atoms with Crippen LogP contribution >= 0.6 is 34.4 Å². The monoisotopic (exact) mass is 646 g/mol. The maximum absolute atomic E-state index is 13.8. The Kier molecular flexibility index (Phi) is 7.22. The number of halogens is 3. The van der Waals surface area contributed by atoms with Gasteiger partial charge in [-0.3, -0.25) is 33.9 Å². The topological polar surface area (TPSA) is 132 Å². The largest absolute Gasteiger partial charge is 0.418 e. The number of hydrogen-bond donors (Lipinski definition) is 1. The second-order valence-electron chi connectivity index (χ2n) is 9.56. The van der Waals surface area contributed by atoms with Gasteiger partial charge in [0.05, 0.1) is 32.8 Å². The minimum Gasteiger partial charge on any atom is -0.324 e. The number of thiazole rings is 1. The van der Waals surface area contributed by atoms with E-state index in [1.807, 2.05) is 0 Å². The zero-order chi connectivity index (χ0) is 30.6. The normalized spacial score (nSPS) is 19.7. The zero-order valence-electron chi connectivity index (χ0n) is 21.4. The van der Waals surface area contributed by atoms with Gasteiger partial charge >= 0.3 is 11.0 Å². The molecule has 0 unspecified atom stereocenters. The van der Waals surface area contributed by atoms with Crippen LogP contribution < -0.4 is 15.1 Å². The molecule has 2 aromatic heterocycles. The molecule has 0 spiro atoms. The molecule has 0 radical (unpaired) electrons. The number of carbonyl (C=O) groups excluding carboxylic acids is 3. The van der Waals surface area contributed by atoms with Crippen molar-refractivity contribution in [3.8, 4) is 0 Å². The molecule has 0 aliphatic carbocycles. The molecule has 3 amide bonds. The maximum atomic E-state index is 13.8. The Morgan fingerprint density at radius 1 is 1.00 bits per heavy atom. The van der Waals surface area contributed by atoms with Gasteiger partial charge in [-0.2, -0.15) is 13.2 Å². The van der Waals surface area contributed by atoms with Gasteiger partial charge in [-0.05, 0) is 35.7 Å². The van der Waals surface area contributed by atoms with E-state index in [0.717, 1.165) is 44.7 Å². The highest BCUT2D eigenvalue weighted by atomic mass is 32.2. The van der Waals surface area contributed by atoms with Crippen molar-refractivity contribution in [1.82, 2.24) is 4.57 Å². The molecule has 0 bridgehead atoms. The molecular weight excluding hydrogens is 630 g/mol. The Morgan fingerprint density at radius 2 is 1.72 bits per heavy atom. The third kappa shape index (κ3) is 5.04. The second kappa shape index (κ2) is 10.8. The Hall–Kier alpha value is -4.28. The lowest BCUT2D eigenvalue weighted by Gasteiger charge is -2.29. The Morgan fingerprint density at radius 3 is 2.37 bits per heavy atom. The zero-order valence-corrected chi connectivity index (χ0v) is 23.9. The number of carbonyl (C=O) groups is 3. The van der Waals surface area contributed by atoms with E-state index in [4.69, 9.17) is 0 Å². The summed E-state index contributed by atoms with van der Waals surface area (Å²) < 4.78 is 41.4. The SMILES string of the molecule is O=C(Cn1c2c(sc1=O)[C@@H](c1cccs1)[C@@H]1C(=O)N(c3ccc([N+](=O)[O-])cc3)C(=O)[C@@H]1S2)Nc1ccccc1C(F)(F)F. The van der Waals surface area contributed by atoms with Crippen molar-refractivity contribution < 1.29 is 32.5 Å². The summed E-state index contributed by atoms with van der Waals surface area (Å²) in [5, 5.41) is 14.4. The third-order valence-corrected chi connectivity index (χ3v) is 10.6. The van der Waals surface area contributed by atoms with Gasteiger partial charge in [0.2, 0.25) is 17.7 Å². The number of nitro benzene ring substituents is 1.